The minimum absolute atomic E-state index is 0.106. The van der Waals surface area contributed by atoms with Crippen LogP contribution in [0, 0.1) is 0 Å². The van der Waals surface area contributed by atoms with Crippen LogP contribution in [-0.4, -0.2) is 21.4 Å². The number of aromatic nitrogens is 3. The van der Waals surface area contributed by atoms with Gasteiger partial charge in [-0.1, -0.05) is 12.1 Å². The third kappa shape index (κ3) is 2.93. The van der Waals surface area contributed by atoms with E-state index in [1.165, 1.54) is 12.4 Å². The summed E-state index contributed by atoms with van der Waals surface area (Å²) < 4.78 is 30.4. The fraction of sp³-hybridized carbons (Fsp3) is 0.273. The molecule has 96 valence electrons. The van der Waals surface area contributed by atoms with Crippen LogP contribution in [0.2, 0.25) is 0 Å². The maximum absolute atomic E-state index is 12.2. The molecule has 1 aromatic heterocycles. The highest BCUT2D eigenvalue weighted by Gasteiger charge is 2.09. The molecule has 0 atom stereocenters. The summed E-state index contributed by atoms with van der Waals surface area (Å²) in [5.74, 6) is 0.802. The summed E-state index contributed by atoms with van der Waals surface area (Å²) in [7, 11) is 1.76. The zero-order valence-electron chi connectivity index (χ0n) is 9.68. The van der Waals surface area contributed by atoms with Crippen molar-refractivity contribution in [1.82, 2.24) is 14.8 Å². The van der Waals surface area contributed by atoms with E-state index in [0.29, 0.717) is 18.1 Å². The fourth-order valence-corrected chi connectivity index (χ4v) is 1.47. The van der Waals surface area contributed by atoms with Gasteiger partial charge in [0, 0.05) is 7.05 Å². The van der Waals surface area contributed by atoms with E-state index in [9.17, 15) is 8.78 Å². The lowest BCUT2D eigenvalue weighted by Gasteiger charge is -2.11. The van der Waals surface area contributed by atoms with Crippen LogP contribution < -0.4 is 10.1 Å². The van der Waals surface area contributed by atoms with Gasteiger partial charge in [-0.2, -0.15) is 13.9 Å². The first-order chi connectivity index (χ1) is 8.66. The highest BCUT2D eigenvalue weighted by atomic mass is 19.3. The van der Waals surface area contributed by atoms with Gasteiger partial charge in [0.25, 0.3) is 0 Å². The molecular weight excluding hydrogens is 242 g/mol. The van der Waals surface area contributed by atoms with Crippen molar-refractivity contribution in [3.63, 3.8) is 0 Å². The number of halogens is 2. The summed E-state index contributed by atoms with van der Waals surface area (Å²) in [5, 5.41) is 6.89. The van der Waals surface area contributed by atoms with Crippen molar-refractivity contribution in [3.8, 4) is 5.75 Å². The lowest BCUT2D eigenvalue weighted by Crippen LogP contribution is -2.09. The Morgan fingerprint density at radius 1 is 1.39 bits per heavy atom. The first-order valence-electron chi connectivity index (χ1n) is 5.27. The molecule has 0 aliphatic heterocycles. The van der Waals surface area contributed by atoms with Crippen molar-refractivity contribution < 1.29 is 13.5 Å². The normalized spacial score (nSPS) is 10.7. The molecule has 5 nitrogen and oxygen atoms in total. The largest absolute Gasteiger partial charge is 0.433 e. The predicted octanol–water partition coefficient (Wildman–Crippen LogP) is 2.03. The van der Waals surface area contributed by atoms with Crippen molar-refractivity contribution in [3.05, 3.63) is 36.4 Å². The van der Waals surface area contributed by atoms with E-state index in [1.54, 1.807) is 29.9 Å². The number of nitrogens with zero attached hydrogens (tertiary/aromatic N) is 3. The maximum Gasteiger partial charge on any atom is 0.387 e. The first-order valence-corrected chi connectivity index (χ1v) is 5.27. The monoisotopic (exact) mass is 254 g/mol. The molecule has 1 aromatic carbocycles. The quantitative estimate of drug-likeness (QED) is 0.887. The van der Waals surface area contributed by atoms with Crippen molar-refractivity contribution in [2.24, 2.45) is 7.05 Å². The van der Waals surface area contributed by atoms with E-state index in [-0.39, 0.29) is 5.75 Å². The van der Waals surface area contributed by atoms with Gasteiger partial charge in [0.05, 0.1) is 12.2 Å². The van der Waals surface area contributed by atoms with Crippen LogP contribution in [-0.2, 0) is 13.6 Å². The summed E-state index contributed by atoms with van der Waals surface area (Å²) >= 11 is 0. The summed E-state index contributed by atoms with van der Waals surface area (Å²) in [4.78, 5) is 4.02. The molecule has 0 aliphatic carbocycles. The van der Waals surface area contributed by atoms with Gasteiger partial charge in [-0.3, -0.25) is 4.68 Å². The van der Waals surface area contributed by atoms with E-state index in [0.717, 1.165) is 0 Å². The number of hydrogen-bond donors (Lipinski definition) is 1. The Bertz CT molecular complexity index is 515. The molecule has 0 unspecified atom stereocenters. The molecule has 2 aromatic rings. The van der Waals surface area contributed by atoms with Gasteiger partial charge in [0.15, 0.2) is 0 Å². The lowest BCUT2D eigenvalue weighted by molar-refractivity contribution is -0.0493. The molecule has 1 heterocycles. The lowest BCUT2D eigenvalue weighted by atomic mass is 10.3. The first kappa shape index (κ1) is 12.3. The number of anilines is 1. The molecule has 0 saturated carbocycles. The van der Waals surface area contributed by atoms with Gasteiger partial charge < -0.3 is 10.1 Å². The number of alkyl halides is 2. The van der Waals surface area contributed by atoms with E-state index in [2.05, 4.69) is 20.1 Å². The van der Waals surface area contributed by atoms with Crippen molar-refractivity contribution in [1.29, 1.82) is 0 Å². The number of para-hydroxylation sites is 2. The summed E-state index contributed by atoms with van der Waals surface area (Å²) in [6.45, 7) is -2.47. The van der Waals surface area contributed by atoms with Gasteiger partial charge in [0.1, 0.15) is 17.9 Å². The number of ether oxygens (including phenoxy) is 1. The Morgan fingerprint density at radius 2 is 2.17 bits per heavy atom. The molecule has 0 fully saturated rings. The molecule has 2 rings (SSSR count). The Balaban J connectivity index is 2.07. The van der Waals surface area contributed by atoms with Crippen LogP contribution in [0.4, 0.5) is 14.5 Å². The average Bonchev–Trinajstić information content (AvgIpc) is 2.73. The Labute approximate surface area is 102 Å². The van der Waals surface area contributed by atoms with Gasteiger partial charge in [-0.25, -0.2) is 4.98 Å². The van der Waals surface area contributed by atoms with Crippen molar-refractivity contribution in [2.45, 2.75) is 13.2 Å². The van der Waals surface area contributed by atoms with Crippen molar-refractivity contribution >= 4 is 5.69 Å². The van der Waals surface area contributed by atoms with Gasteiger partial charge >= 0.3 is 6.61 Å². The van der Waals surface area contributed by atoms with Gasteiger partial charge in [0.2, 0.25) is 0 Å². The van der Waals surface area contributed by atoms with Gasteiger partial charge in [-0.05, 0) is 12.1 Å². The minimum atomic E-state index is -2.84. The highest BCUT2D eigenvalue weighted by molar-refractivity contribution is 5.56. The maximum atomic E-state index is 12.2. The van der Waals surface area contributed by atoms with E-state index in [1.807, 2.05) is 0 Å². The Kier molecular flexibility index (Phi) is 3.71. The molecule has 0 aliphatic rings. The van der Waals surface area contributed by atoms with Crippen LogP contribution in [0.1, 0.15) is 5.82 Å². The number of hydrogen-bond acceptors (Lipinski definition) is 4. The Morgan fingerprint density at radius 3 is 2.83 bits per heavy atom. The molecule has 7 heteroatoms. The summed E-state index contributed by atoms with van der Waals surface area (Å²) in [6.07, 6.45) is 1.43. The van der Waals surface area contributed by atoms with Crippen LogP contribution in [0.25, 0.3) is 0 Å². The Hall–Kier alpha value is -2.18. The average molecular weight is 254 g/mol. The van der Waals surface area contributed by atoms with Crippen LogP contribution >= 0.6 is 0 Å². The third-order valence-electron chi connectivity index (χ3n) is 2.35. The molecule has 1 N–H and O–H groups in total. The molecule has 0 radical (unpaired) electrons. The predicted molar refractivity (Wildman–Crippen MR) is 61.4 cm³/mol. The van der Waals surface area contributed by atoms with Crippen molar-refractivity contribution in [2.75, 3.05) is 5.32 Å². The summed E-state index contributed by atoms with van der Waals surface area (Å²) in [6, 6.07) is 6.50. The van der Waals surface area contributed by atoms with E-state index in [4.69, 9.17) is 0 Å². The van der Waals surface area contributed by atoms with E-state index >= 15 is 0 Å². The molecule has 18 heavy (non-hydrogen) atoms. The summed E-state index contributed by atoms with van der Waals surface area (Å²) in [5.41, 5.74) is 0.487. The topological polar surface area (TPSA) is 52.0 Å². The van der Waals surface area contributed by atoms with E-state index < -0.39 is 6.61 Å². The molecule has 0 bridgehead atoms. The zero-order chi connectivity index (χ0) is 13.0. The molecule has 0 amide bonds. The second kappa shape index (κ2) is 5.44. The number of benzene rings is 1. The van der Waals surface area contributed by atoms with Crippen LogP contribution in [0.5, 0.6) is 5.75 Å². The zero-order valence-corrected chi connectivity index (χ0v) is 9.68. The SMILES string of the molecule is Cn1ncnc1CNc1ccccc1OC(F)F. The number of rotatable bonds is 5. The smallest absolute Gasteiger partial charge is 0.387 e. The second-order valence-corrected chi connectivity index (χ2v) is 3.53. The second-order valence-electron chi connectivity index (χ2n) is 3.53. The molecule has 0 saturated heterocycles. The third-order valence-corrected chi connectivity index (χ3v) is 2.35. The van der Waals surface area contributed by atoms with Crippen LogP contribution in [0.3, 0.4) is 0 Å². The molecular formula is C11H12F2N4O. The molecule has 0 spiro atoms. The number of nitrogens with one attached hydrogen (secondary N) is 1. The standard InChI is InChI=1S/C11H12F2N4O/c1-17-10(15-7-16-17)6-14-8-4-2-3-5-9(8)18-11(12)13/h2-5,7,11,14H,6H2,1H3. The number of aryl methyl sites for hydroxylation is 1. The van der Waals surface area contributed by atoms with Gasteiger partial charge in [-0.15, -0.1) is 0 Å². The highest BCUT2D eigenvalue weighted by Crippen LogP contribution is 2.25. The fourth-order valence-electron chi connectivity index (χ4n) is 1.47. The van der Waals surface area contributed by atoms with Crippen LogP contribution in [0.15, 0.2) is 30.6 Å². The minimum Gasteiger partial charge on any atom is -0.433 e.